The van der Waals surface area contributed by atoms with Gasteiger partial charge >= 0.3 is 0 Å². The van der Waals surface area contributed by atoms with Crippen molar-refractivity contribution in [1.82, 2.24) is 14.6 Å². The fourth-order valence-electron chi connectivity index (χ4n) is 2.36. The largest absolute Gasteiger partial charge is 0.508 e. The van der Waals surface area contributed by atoms with Crippen molar-refractivity contribution in [1.29, 1.82) is 0 Å². The molecule has 6 nitrogen and oxygen atoms in total. The zero-order valence-corrected chi connectivity index (χ0v) is 15.8. The maximum absolute atomic E-state index is 12.1. The number of phenolic OH excluding ortho intramolecular Hbond substituents is 1. The number of aromatic nitrogens is 3. The topological polar surface area (TPSA) is 70.7 Å². The quantitative estimate of drug-likeness (QED) is 0.701. The monoisotopic (exact) mass is 408 g/mol. The number of hydrogen-bond acceptors (Lipinski definition) is 6. The zero-order valence-electron chi connectivity index (χ0n) is 13.4. The van der Waals surface area contributed by atoms with Crippen LogP contribution in [0, 0.1) is 0 Å². The van der Waals surface area contributed by atoms with Gasteiger partial charge in [0.2, 0.25) is 10.1 Å². The van der Waals surface area contributed by atoms with Crippen molar-refractivity contribution in [2.24, 2.45) is 0 Å². The van der Waals surface area contributed by atoms with Gasteiger partial charge in [-0.25, -0.2) is 4.98 Å². The highest BCUT2D eigenvalue weighted by molar-refractivity contribution is 9.10. The van der Waals surface area contributed by atoms with Gasteiger partial charge in [0.15, 0.2) is 0 Å². The third-order valence-electron chi connectivity index (χ3n) is 3.70. The molecule has 0 aliphatic heterocycles. The molecule has 24 heavy (non-hydrogen) atoms. The van der Waals surface area contributed by atoms with E-state index in [9.17, 15) is 9.90 Å². The summed E-state index contributed by atoms with van der Waals surface area (Å²) in [7, 11) is 0. The third-order valence-corrected chi connectivity index (χ3v) is 5.17. The minimum absolute atomic E-state index is 0.166. The summed E-state index contributed by atoms with van der Waals surface area (Å²) in [4.78, 5) is 19.2. The van der Waals surface area contributed by atoms with E-state index >= 15 is 0 Å². The van der Waals surface area contributed by atoms with Gasteiger partial charge in [0.1, 0.15) is 5.75 Å². The van der Waals surface area contributed by atoms with Gasteiger partial charge in [-0.1, -0.05) is 34.2 Å². The minimum Gasteiger partial charge on any atom is -0.508 e. The van der Waals surface area contributed by atoms with Crippen molar-refractivity contribution in [3.8, 4) is 5.75 Å². The van der Waals surface area contributed by atoms with E-state index < -0.39 is 0 Å². The van der Waals surface area contributed by atoms with Crippen LogP contribution in [0.25, 0.3) is 4.96 Å². The number of benzene rings is 1. The predicted octanol–water partition coefficient (Wildman–Crippen LogP) is 3.21. The summed E-state index contributed by atoms with van der Waals surface area (Å²) in [5, 5.41) is 15.1. The van der Waals surface area contributed by atoms with Crippen LogP contribution in [0.5, 0.6) is 5.75 Å². The number of aromatic hydroxyl groups is 1. The maximum Gasteiger partial charge on any atom is 0.275 e. The highest BCUT2D eigenvalue weighted by atomic mass is 79.9. The molecule has 0 unspecified atom stereocenters. The summed E-state index contributed by atoms with van der Waals surface area (Å²) in [5.41, 5.74) is 1.39. The van der Waals surface area contributed by atoms with Crippen molar-refractivity contribution in [3.63, 3.8) is 0 Å². The molecule has 0 saturated carbocycles. The van der Waals surface area contributed by atoms with Crippen LogP contribution in [0.1, 0.15) is 25.1 Å². The van der Waals surface area contributed by atoms with Gasteiger partial charge in [-0.2, -0.15) is 4.52 Å². The lowest BCUT2D eigenvalue weighted by molar-refractivity contribution is 0.467. The first-order valence-corrected chi connectivity index (χ1v) is 9.25. The number of rotatable bonds is 5. The normalized spacial score (nSPS) is 11.1. The molecule has 126 valence electrons. The second-order valence-corrected chi connectivity index (χ2v) is 7.16. The second kappa shape index (κ2) is 6.90. The van der Waals surface area contributed by atoms with Crippen LogP contribution in [0.15, 0.2) is 33.5 Å². The molecule has 0 amide bonds. The molecular weight excluding hydrogens is 392 g/mol. The van der Waals surface area contributed by atoms with Crippen LogP contribution in [0.3, 0.4) is 0 Å². The first kappa shape index (κ1) is 16.9. The van der Waals surface area contributed by atoms with Crippen LogP contribution in [-0.2, 0) is 13.0 Å². The molecule has 8 heteroatoms. The van der Waals surface area contributed by atoms with E-state index in [1.54, 1.807) is 12.1 Å². The van der Waals surface area contributed by atoms with Crippen LogP contribution >= 0.6 is 27.3 Å². The van der Waals surface area contributed by atoms with Crippen molar-refractivity contribution >= 4 is 37.4 Å². The number of halogens is 1. The van der Waals surface area contributed by atoms with Crippen LogP contribution < -0.4 is 10.5 Å². The van der Waals surface area contributed by atoms with E-state index in [4.69, 9.17) is 0 Å². The number of anilines is 1. The Morgan fingerprint density at radius 3 is 2.83 bits per heavy atom. The molecular formula is C16H17BrN4O2S. The molecule has 1 N–H and O–H groups in total. The van der Waals surface area contributed by atoms with E-state index in [0.29, 0.717) is 29.6 Å². The molecule has 0 bridgehead atoms. The van der Waals surface area contributed by atoms with Crippen molar-refractivity contribution < 1.29 is 5.11 Å². The number of hydrogen-bond donors (Lipinski definition) is 1. The van der Waals surface area contributed by atoms with Gasteiger partial charge in [-0.3, -0.25) is 4.79 Å². The summed E-state index contributed by atoms with van der Waals surface area (Å²) in [5.74, 6) is 0.237. The van der Waals surface area contributed by atoms with Gasteiger partial charge in [-0.15, -0.1) is 5.10 Å². The summed E-state index contributed by atoms with van der Waals surface area (Å²) in [6.45, 7) is 5.17. The van der Waals surface area contributed by atoms with E-state index in [1.807, 2.05) is 24.8 Å². The fraction of sp³-hybridized carbons (Fsp3) is 0.312. The van der Waals surface area contributed by atoms with Crippen LogP contribution in [0.4, 0.5) is 5.13 Å². The summed E-state index contributed by atoms with van der Waals surface area (Å²) >= 11 is 4.80. The molecule has 3 rings (SSSR count). The van der Waals surface area contributed by atoms with Crippen LogP contribution in [-0.4, -0.2) is 26.2 Å². The molecule has 0 fully saturated rings. The molecule has 3 aromatic rings. The maximum atomic E-state index is 12.1. The first-order chi connectivity index (χ1) is 11.5. The number of aryl methyl sites for hydroxylation is 1. The SMILES string of the molecule is CCc1cc(=O)n2nc(N(CC)Cc3cc(Br)ccc3O)sc2n1. The molecule has 0 saturated heterocycles. The van der Waals surface area contributed by atoms with Gasteiger partial charge in [0.05, 0.1) is 0 Å². The smallest absolute Gasteiger partial charge is 0.275 e. The van der Waals surface area contributed by atoms with Gasteiger partial charge in [-0.05, 0) is 31.5 Å². The lowest BCUT2D eigenvalue weighted by atomic mass is 10.2. The van der Waals surface area contributed by atoms with Gasteiger partial charge in [0.25, 0.3) is 5.56 Å². The molecule has 0 atom stereocenters. The Morgan fingerprint density at radius 2 is 2.12 bits per heavy atom. The van der Waals surface area contributed by atoms with E-state index in [0.717, 1.165) is 15.7 Å². The average Bonchev–Trinajstić information content (AvgIpc) is 2.99. The molecule has 0 aliphatic rings. The Balaban J connectivity index is 1.99. The molecule has 2 heterocycles. The van der Waals surface area contributed by atoms with Gasteiger partial charge in [0, 0.05) is 34.9 Å². The minimum atomic E-state index is -0.166. The third kappa shape index (κ3) is 3.29. The highest BCUT2D eigenvalue weighted by Crippen LogP contribution is 2.27. The number of phenols is 1. The molecule has 0 spiro atoms. The highest BCUT2D eigenvalue weighted by Gasteiger charge is 2.15. The summed E-state index contributed by atoms with van der Waals surface area (Å²) in [6, 6.07) is 6.85. The standard InChI is InChI=1S/C16H17BrN4O2S/c1-3-12-8-14(23)21-15(18-12)24-16(19-21)20(4-2)9-10-7-11(17)5-6-13(10)22/h5-8,22H,3-4,9H2,1-2H3. The lowest BCUT2D eigenvalue weighted by Gasteiger charge is -2.19. The van der Waals surface area contributed by atoms with Crippen LogP contribution in [0.2, 0.25) is 0 Å². The number of fused-ring (bicyclic) bond motifs is 1. The Hall–Kier alpha value is -1.93. The van der Waals surface area contributed by atoms with E-state index in [2.05, 4.69) is 26.0 Å². The van der Waals surface area contributed by atoms with E-state index in [1.165, 1.54) is 21.9 Å². The van der Waals surface area contributed by atoms with Crippen molar-refractivity contribution in [2.75, 3.05) is 11.4 Å². The summed E-state index contributed by atoms with van der Waals surface area (Å²) in [6.07, 6.45) is 0.711. The summed E-state index contributed by atoms with van der Waals surface area (Å²) < 4.78 is 2.24. The van der Waals surface area contributed by atoms with Crippen molar-refractivity contribution in [3.05, 3.63) is 50.3 Å². The lowest BCUT2D eigenvalue weighted by Crippen LogP contribution is -2.23. The van der Waals surface area contributed by atoms with E-state index in [-0.39, 0.29) is 11.3 Å². The Kier molecular flexibility index (Phi) is 4.86. The second-order valence-electron chi connectivity index (χ2n) is 5.31. The molecule has 2 aromatic heterocycles. The Labute approximate surface area is 151 Å². The predicted molar refractivity (Wildman–Crippen MR) is 99.0 cm³/mol. The molecule has 0 aliphatic carbocycles. The number of nitrogens with zero attached hydrogens (tertiary/aromatic N) is 4. The average molecular weight is 409 g/mol. The molecule has 0 radical (unpaired) electrons. The zero-order chi connectivity index (χ0) is 17.3. The van der Waals surface area contributed by atoms with Crippen molar-refractivity contribution in [2.45, 2.75) is 26.8 Å². The molecule has 1 aromatic carbocycles. The fourth-order valence-corrected chi connectivity index (χ4v) is 3.75. The Bertz CT molecular complexity index is 937. The Morgan fingerprint density at radius 1 is 1.33 bits per heavy atom. The first-order valence-electron chi connectivity index (χ1n) is 7.64. The van der Waals surface area contributed by atoms with Gasteiger partial charge < -0.3 is 10.0 Å².